The first kappa shape index (κ1) is 50.6. The van der Waals surface area contributed by atoms with Gasteiger partial charge in [0.15, 0.2) is 0 Å². The fourth-order valence-electron chi connectivity index (χ4n) is 7.12. The summed E-state index contributed by atoms with van der Waals surface area (Å²) < 4.78 is 28.5. The summed E-state index contributed by atoms with van der Waals surface area (Å²) in [5.74, 6) is -4.24. The van der Waals surface area contributed by atoms with E-state index in [0.29, 0.717) is 65.0 Å². The van der Waals surface area contributed by atoms with Gasteiger partial charge in [-0.15, -0.1) is 20.4 Å². The number of carbonyl (C=O) groups excluding carboxylic acids is 3. The molecule has 68 heavy (non-hydrogen) atoms. The zero-order valence-corrected chi connectivity index (χ0v) is 39.5. The van der Waals surface area contributed by atoms with Crippen LogP contribution in [0.2, 0.25) is 0 Å². The zero-order valence-electron chi connectivity index (χ0n) is 37.9. The van der Waals surface area contributed by atoms with E-state index in [1.54, 1.807) is 42.5 Å². The van der Waals surface area contributed by atoms with Gasteiger partial charge in [-0.25, -0.2) is 8.78 Å². The molecule has 0 unspecified atom stereocenters. The SMILES string of the molecule is CCCCN(C(=O)c1ccccc1F)c1nnc(-c2ccc(C(=O)NCCCC(=O)O)cc2)s1.CCCCN(C(=O)c1ccccc1F)c1nnc(-c2ccc(CN3CC(C(=O)O)C3)cc2C)s1. The topological polar surface area (TPSA) is 199 Å². The number of hydrogen-bond acceptors (Lipinski definition) is 12. The Kier molecular flexibility index (Phi) is 18.1. The van der Waals surface area contributed by atoms with Gasteiger partial charge in [-0.1, -0.05) is 104 Å². The summed E-state index contributed by atoms with van der Waals surface area (Å²) in [6.45, 7) is 8.97. The number of aryl methyl sites for hydroxylation is 1. The molecule has 2 aromatic heterocycles. The van der Waals surface area contributed by atoms with Crippen LogP contribution in [0.15, 0.2) is 91.0 Å². The van der Waals surface area contributed by atoms with Crippen LogP contribution in [0.1, 0.15) is 94.6 Å². The molecule has 356 valence electrons. The number of benzene rings is 4. The van der Waals surface area contributed by atoms with Crippen LogP contribution in [-0.2, 0) is 16.1 Å². The number of carbonyl (C=O) groups is 5. The smallest absolute Gasteiger partial charge is 0.309 e. The van der Waals surface area contributed by atoms with Gasteiger partial charge in [-0.3, -0.25) is 38.7 Å². The number of aromatic nitrogens is 4. The molecule has 3 heterocycles. The van der Waals surface area contributed by atoms with E-state index in [4.69, 9.17) is 10.2 Å². The van der Waals surface area contributed by atoms with Gasteiger partial charge in [-0.05, 0) is 73.7 Å². The number of carboxylic acids is 2. The van der Waals surface area contributed by atoms with E-state index in [1.807, 2.05) is 32.9 Å². The highest BCUT2D eigenvalue weighted by Crippen LogP contribution is 2.34. The summed E-state index contributed by atoms with van der Waals surface area (Å²) in [5, 5.41) is 39.4. The van der Waals surface area contributed by atoms with Crippen molar-refractivity contribution in [3.63, 3.8) is 0 Å². The van der Waals surface area contributed by atoms with Crippen LogP contribution in [0, 0.1) is 24.5 Å². The lowest BCUT2D eigenvalue weighted by Gasteiger charge is -2.36. The molecule has 3 N–H and O–H groups in total. The monoisotopic (exact) mass is 966 g/mol. The van der Waals surface area contributed by atoms with Gasteiger partial charge in [0.2, 0.25) is 10.3 Å². The van der Waals surface area contributed by atoms with Gasteiger partial charge >= 0.3 is 11.9 Å². The molecule has 3 amide bonds. The highest BCUT2D eigenvalue weighted by Gasteiger charge is 2.32. The van der Waals surface area contributed by atoms with E-state index in [0.717, 1.165) is 47.9 Å². The predicted molar refractivity (Wildman–Crippen MR) is 257 cm³/mol. The fourth-order valence-corrected chi connectivity index (χ4v) is 8.95. The second kappa shape index (κ2) is 24.3. The molecule has 0 saturated carbocycles. The average molecular weight is 967 g/mol. The molecule has 6 aromatic rings. The predicted octanol–water partition coefficient (Wildman–Crippen LogP) is 9.00. The van der Waals surface area contributed by atoms with Crippen LogP contribution in [-0.4, -0.2) is 97.9 Å². The van der Waals surface area contributed by atoms with Crippen LogP contribution in [0.5, 0.6) is 0 Å². The standard InChI is InChI=1S/C25H27FN4O3S.C24H25FN4O4S/c1-3-4-11-30(23(31)20-7-5-6-8-21(20)26)25-28-27-22(34-25)19-10-9-17(12-16(19)2)13-29-14-18(15-29)24(32)33;1-2-3-15-29(23(33)18-7-4-5-8-19(18)25)24-28-27-22(34-24)17-12-10-16(11-13-17)21(32)26-14-6-9-20(30)31/h5-10,12,18H,3-4,11,13-15H2,1-2H3,(H,32,33);4-5,7-8,10-13H,2-3,6,9,14-15H2,1H3,(H,26,32)(H,30,31). The van der Waals surface area contributed by atoms with Crippen molar-refractivity contribution >= 4 is 62.6 Å². The van der Waals surface area contributed by atoms with Crippen LogP contribution in [0.4, 0.5) is 19.0 Å². The molecular formula is C49H52F2N8O7S2. The summed E-state index contributed by atoms with van der Waals surface area (Å²) in [6.07, 6.45) is 3.58. The number of rotatable bonds is 20. The molecule has 0 aliphatic carbocycles. The minimum Gasteiger partial charge on any atom is -0.481 e. The van der Waals surface area contributed by atoms with Gasteiger partial charge in [0, 0.05) is 62.4 Å². The van der Waals surface area contributed by atoms with Gasteiger partial charge in [-0.2, -0.15) is 0 Å². The maximum absolute atomic E-state index is 14.3. The van der Waals surface area contributed by atoms with Gasteiger partial charge in [0.1, 0.15) is 21.6 Å². The minimum absolute atomic E-state index is 0.00666. The molecule has 1 fully saturated rings. The fraction of sp³-hybridized carbons (Fsp3) is 0.327. The Morgan fingerprint density at radius 1 is 0.721 bits per heavy atom. The van der Waals surface area contributed by atoms with E-state index in [9.17, 15) is 32.8 Å². The van der Waals surface area contributed by atoms with Crippen molar-refractivity contribution in [2.75, 3.05) is 42.5 Å². The number of aliphatic carboxylic acids is 2. The van der Waals surface area contributed by atoms with Crippen molar-refractivity contribution in [2.45, 2.75) is 65.8 Å². The normalized spacial score (nSPS) is 12.4. The maximum atomic E-state index is 14.3. The molecule has 19 heteroatoms. The Morgan fingerprint density at radius 2 is 1.26 bits per heavy atom. The van der Waals surface area contributed by atoms with Crippen molar-refractivity contribution in [2.24, 2.45) is 5.92 Å². The lowest BCUT2D eigenvalue weighted by Crippen LogP contribution is -2.49. The number of halogens is 2. The molecule has 1 aliphatic rings. The van der Waals surface area contributed by atoms with E-state index in [-0.39, 0.29) is 35.9 Å². The number of anilines is 2. The first-order valence-corrected chi connectivity index (χ1v) is 23.9. The molecule has 7 rings (SSSR count). The lowest BCUT2D eigenvalue weighted by atomic mass is 9.98. The molecule has 4 aromatic carbocycles. The molecule has 0 radical (unpaired) electrons. The number of nitrogens with zero attached hydrogens (tertiary/aromatic N) is 7. The molecule has 1 saturated heterocycles. The molecule has 1 aliphatic heterocycles. The van der Waals surface area contributed by atoms with Crippen molar-refractivity contribution in [1.29, 1.82) is 0 Å². The Balaban J connectivity index is 0.000000224. The number of carboxylic acid groups (broad SMARTS) is 2. The number of unbranched alkanes of at least 4 members (excludes halogenated alkanes) is 2. The first-order valence-electron chi connectivity index (χ1n) is 22.2. The van der Waals surface area contributed by atoms with Crippen LogP contribution in [0.3, 0.4) is 0 Å². The third-order valence-electron chi connectivity index (χ3n) is 10.9. The van der Waals surface area contributed by atoms with Crippen molar-refractivity contribution < 1.29 is 43.0 Å². The highest BCUT2D eigenvalue weighted by atomic mass is 32.1. The second-order valence-electron chi connectivity index (χ2n) is 16.1. The van der Waals surface area contributed by atoms with Crippen molar-refractivity contribution in [1.82, 2.24) is 30.6 Å². The third kappa shape index (κ3) is 13.2. The summed E-state index contributed by atoms with van der Waals surface area (Å²) >= 11 is 2.52. The van der Waals surface area contributed by atoms with Crippen molar-refractivity contribution in [3.8, 4) is 21.1 Å². The van der Waals surface area contributed by atoms with Gasteiger partial charge in [0.05, 0.1) is 17.0 Å². The molecular weight excluding hydrogens is 915 g/mol. The number of nitrogens with one attached hydrogen (secondary N) is 1. The quantitative estimate of drug-likeness (QED) is 0.0615. The van der Waals surface area contributed by atoms with E-state index in [1.165, 1.54) is 62.8 Å². The highest BCUT2D eigenvalue weighted by molar-refractivity contribution is 7.19. The number of amides is 3. The van der Waals surface area contributed by atoms with Crippen LogP contribution in [0.25, 0.3) is 21.1 Å². The van der Waals surface area contributed by atoms with E-state index in [2.05, 4.69) is 36.7 Å². The summed E-state index contributed by atoms with van der Waals surface area (Å²) in [5.41, 5.74) is 4.21. The summed E-state index contributed by atoms with van der Waals surface area (Å²) in [7, 11) is 0. The average Bonchev–Trinajstić information content (AvgIpc) is 4.01. The molecule has 15 nitrogen and oxygen atoms in total. The number of hydrogen-bond donors (Lipinski definition) is 3. The largest absolute Gasteiger partial charge is 0.481 e. The second-order valence-corrected chi connectivity index (χ2v) is 18.0. The molecule has 0 atom stereocenters. The Labute approximate surface area is 400 Å². The van der Waals surface area contributed by atoms with Crippen LogP contribution >= 0.6 is 22.7 Å². The van der Waals surface area contributed by atoms with E-state index >= 15 is 0 Å². The Morgan fingerprint density at radius 3 is 1.78 bits per heavy atom. The Bertz CT molecular complexity index is 2710. The lowest BCUT2D eigenvalue weighted by molar-refractivity contribution is -0.147. The maximum Gasteiger partial charge on any atom is 0.309 e. The minimum atomic E-state index is -0.904. The number of likely N-dealkylation sites (tertiary alicyclic amines) is 1. The zero-order chi connectivity index (χ0) is 48.7. The first-order chi connectivity index (χ1) is 32.8. The van der Waals surface area contributed by atoms with Gasteiger partial charge in [0.25, 0.3) is 17.7 Å². The third-order valence-corrected chi connectivity index (χ3v) is 12.9. The van der Waals surface area contributed by atoms with Crippen molar-refractivity contribution in [3.05, 3.63) is 130 Å². The summed E-state index contributed by atoms with van der Waals surface area (Å²) in [6, 6.07) is 24.6. The van der Waals surface area contributed by atoms with E-state index < -0.39 is 35.4 Å². The molecule has 0 bridgehead atoms. The van der Waals surface area contributed by atoms with Crippen LogP contribution < -0.4 is 15.1 Å². The Hall–Kier alpha value is -6.83. The summed E-state index contributed by atoms with van der Waals surface area (Å²) in [4.78, 5) is 65.0. The molecule has 0 spiro atoms. The van der Waals surface area contributed by atoms with Gasteiger partial charge < -0.3 is 15.5 Å².